The van der Waals surface area contributed by atoms with E-state index in [4.69, 9.17) is 0 Å². The van der Waals surface area contributed by atoms with Gasteiger partial charge >= 0.3 is 64.0 Å². The molecule has 0 spiro atoms. The number of hydrogen-bond donors (Lipinski definition) is 1. The van der Waals surface area contributed by atoms with Crippen LogP contribution in [0.15, 0.2) is 12.4 Å². The Hall–Kier alpha value is -0.207. The SMILES string of the molecule is C[N]([Ru])Cc1ncc[nH]1. The minimum atomic E-state index is 0.851. The van der Waals surface area contributed by atoms with E-state index in [0.717, 1.165) is 12.4 Å². The Labute approximate surface area is 64.4 Å². The topological polar surface area (TPSA) is 31.9 Å². The molecule has 0 fully saturated rings. The van der Waals surface area contributed by atoms with E-state index in [1.165, 1.54) is 0 Å². The van der Waals surface area contributed by atoms with Crippen LogP contribution >= 0.6 is 0 Å². The van der Waals surface area contributed by atoms with Crippen LogP contribution in [0.25, 0.3) is 0 Å². The van der Waals surface area contributed by atoms with E-state index in [0.29, 0.717) is 0 Å². The minimum absolute atomic E-state index is 0.851. The van der Waals surface area contributed by atoms with Crippen LogP contribution in [-0.2, 0) is 25.1 Å². The fraction of sp³-hybridized carbons (Fsp3) is 0.400. The number of H-pyrrole nitrogens is 1. The summed E-state index contributed by atoms with van der Waals surface area (Å²) in [7, 11) is 1.99. The summed E-state index contributed by atoms with van der Waals surface area (Å²) in [4.78, 5) is 7.05. The molecule has 0 atom stereocenters. The Balaban J connectivity index is 2.48. The van der Waals surface area contributed by atoms with Crippen molar-refractivity contribution in [2.75, 3.05) is 7.05 Å². The maximum atomic E-state index is 4.05. The van der Waals surface area contributed by atoms with Crippen molar-refractivity contribution in [3.8, 4) is 0 Å². The molecule has 51 valence electrons. The van der Waals surface area contributed by atoms with Crippen molar-refractivity contribution in [2.24, 2.45) is 0 Å². The molecule has 1 heterocycles. The Kier molecular flexibility index (Phi) is 2.37. The van der Waals surface area contributed by atoms with Crippen LogP contribution in [-0.4, -0.2) is 20.7 Å². The Bertz CT molecular complexity index is 159. The third-order valence-corrected chi connectivity index (χ3v) is 1.19. The molecule has 4 heteroatoms. The molecule has 0 aromatic carbocycles. The molecule has 3 nitrogen and oxygen atoms in total. The molecule has 1 rings (SSSR count). The second-order valence-electron chi connectivity index (χ2n) is 1.78. The van der Waals surface area contributed by atoms with Crippen molar-refractivity contribution in [3.05, 3.63) is 18.2 Å². The molecule has 1 aromatic rings. The standard InChI is InChI=1S/C5H8N3.Ru/c1-6-4-5-7-2-3-8-5;/h2-3H,4H2,1H3,(H,7,8);/q-1;+1. The molecule has 0 saturated carbocycles. The second-order valence-corrected chi connectivity index (χ2v) is 3.11. The van der Waals surface area contributed by atoms with E-state index in [2.05, 4.69) is 28.5 Å². The molecule has 0 aliphatic heterocycles. The summed E-state index contributed by atoms with van der Waals surface area (Å²) in [5, 5.41) is 0. The van der Waals surface area contributed by atoms with Gasteiger partial charge in [0.05, 0.1) is 0 Å². The van der Waals surface area contributed by atoms with Gasteiger partial charge in [0.15, 0.2) is 0 Å². The number of aromatic nitrogens is 2. The van der Waals surface area contributed by atoms with Gasteiger partial charge in [0.1, 0.15) is 0 Å². The van der Waals surface area contributed by atoms with Crippen molar-refractivity contribution in [1.29, 1.82) is 0 Å². The number of nitrogens with zero attached hydrogens (tertiary/aromatic N) is 2. The summed E-state index contributed by atoms with van der Waals surface area (Å²) in [6.07, 6.45) is 3.58. The molecule has 0 saturated heterocycles. The first-order valence-electron chi connectivity index (χ1n) is 2.63. The number of rotatable bonds is 2. The Morgan fingerprint density at radius 3 is 3.11 bits per heavy atom. The molecule has 1 aromatic heterocycles. The summed E-state index contributed by atoms with van der Waals surface area (Å²) < 4.78 is 2.00. The first kappa shape index (κ1) is 6.91. The van der Waals surface area contributed by atoms with E-state index >= 15 is 0 Å². The van der Waals surface area contributed by atoms with Gasteiger partial charge in [-0.2, -0.15) is 0 Å². The zero-order valence-electron chi connectivity index (χ0n) is 5.11. The monoisotopic (exact) mass is 212 g/mol. The average molecular weight is 211 g/mol. The van der Waals surface area contributed by atoms with Crippen LogP contribution in [0.4, 0.5) is 0 Å². The molecule has 0 amide bonds. The second kappa shape index (κ2) is 3.09. The van der Waals surface area contributed by atoms with Crippen molar-refractivity contribution in [2.45, 2.75) is 6.54 Å². The van der Waals surface area contributed by atoms with Gasteiger partial charge < -0.3 is 0 Å². The van der Waals surface area contributed by atoms with E-state index in [-0.39, 0.29) is 0 Å². The number of hydrogen-bond acceptors (Lipinski definition) is 2. The van der Waals surface area contributed by atoms with Crippen molar-refractivity contribution < 1.29 is 18.5 Å². The summed E-state index contributed by atoms with van der Waals surface area (Å²) in [6.45, 7) is 0.851. The van der Waals surface area contributed by atoms with Crippen LogP contribution in [0.5, 0.6) is 0 Å². The molecular formula is C5H8N3Ru. The van der Waals surface area contributed by atoms with Gasteiger partial charge in [0.2, 0.25) is 0 Å². The van der Waals surface area contributed by atoms with Gasteiger partial charge in [0, 0.05) is 0 Å². The van der Waals surface area contributed by atoms with Crippen LogP contribution < -0.4 is 0 Å². The molecule has 0 aliphatic rings. The van der Waals surface area contributed by atoms with Gasteiger partial charge in [0.25, 0.3) is 0 Å². The summed E-state index contributed by atoms with van der Waals surface area (Å²) in [5.41, 5.74) is 0. The first-order valence-corrected chi connectivity index (χ1v) is 3.41. The van der Waals surface area contributed by atoms with Gasteiger partial charge in [-0.3, -0.25) is 0 Å². The quantitative estimate of drug-likeness (QED) is 0.714. The Morgan fingerprint density at radius 2 is 2.67 bits per heavy atom. The van der Waals surface area contributed by atoms with E-state index in [1.807, 2.05) is 16.9 Å². The summed E-state index contributed by atoms with van der Waals surface area (Å²) in [5.74, 6) is 0.996. The normalized spacial score (nSPS) is 10.6. The van der Waals surface area contributed by atoms with Gasteiger partial charge in [-0.15, -0.1) is 0 Å². The predicted molar refractivity (Wildman–Crippen MR) is 30.1 cm³/mol. The zero-order valence-corrected chi connectivity index (χ0v) is 6.85. The fourth-order valence-electron chi connectivity index (χ4n) is 0.587. The number of nitrogens with one attached hydrogen (secondary N) is 1. The van der Waals surface area contributed by atoms with Crippen LogP contribution in [0.2, 0.25) is 0 Å². The van der Waals surface area contributed by atoms with Crippen LogP contribution in [0.1, 0.15) is 5.82 Å². The van der Waals surface area contributed by atoms with Crippen LogP contribution in [0.3, 0.4) is 0 Å². The Morgan fingerprint density at radius 1 is 1.89 bits per heavy atom. The fourth-order valence-corrected chi connectivity index (χ4v) is 0.847. The molecule has 0 aliphatic carbocycles. The third-order valence-electron chi connectivity index (χ3n) is 0.919. The average Bonchev–Trinajstić information content (AvgIpc) is 2.15. The number of aromatic amines is 1. The van der Waals surface area contributed by atoms with E-state index in [1.54, 1.807) is 6.20 Å². The van der Waals surface area contributed by atoms with Gasteiger partial charge in [-0.1, -0.05) is 0 Å². The predicted octanol–water partition coefficient (Wildman–Crippen LogP) is 0.303. The summed E-state index contributed by atoms with van der Waals surface area (Å²) >= 11 is 2.48. The van der Waals surface area contributed by atoms with Crippen molar-refractivity contribution in [1.82, 2.24) is 13.6 Å². The zero-order chi connectivity index (χ0) is 6.69. The molecule has 0 unspecified atom stereocenters. The van der Waals surface area contributed by atoms with Gasteiger partial charge in [-0.05, 0) is 0 Å². The number of imidazole rings is 1. The molecule has 1 N–H and O–H groups in total. The van der Waals surface area contributed by atoms with Crippen molar-refractivity contribution in [3.63, 3.8) is 0 Å². The van der Waals surface area contributed by atoms with Gasteiger partial charge in [-0.25, -0.2) is 0 Å². The third kappa shape index (κ3) is 2.25. The maximum absolute atomic E-state index is 4.05. The van der Waals surface area contributed by atoms with Crippen LogP contribution in [0, 0.1) is 0 Å². The molecule has 0 radical (unpaired) electrons. The van der Waals surface area contributed by atoms with E-state index in [9.17, 15) is 0 Å². The molecular weight excluding hydrogens is 203 g/mol. The summed E-state index contributed by atoms with van der Waals surface area (Å²) in [6, 6.07) is 0. The molecule has 0 bridgehead atoms. The van der Waals surface area contributed by atoms with Crippen molar-refractivity contribution >= 4 is 0 Å². The first-order chi connectivity index (χ1) is 4.29. The van der Waals surface area contributed by atoms with E-state index < -0.39 is 0 Å². The molecule has 9 heavy (non-hydrogen) atoms.